The molecule has 0 amide bonds. The Labute approximate surface area is 84.6 Å². The lowest BCUT2D eigenvalue weighted by Crippen LogP contribution is -1.95. The number of Topliss-reactive ketones (excluding diaryl/α,β-unsaturated/α-hetero) is 1. The Morgan fingerprint density at radius 2 is 1.54 bits per heavy atom. The van der Waals surface area contributed by atoms with Crippen molar-refractivity contribution in [3.8, 4) is 0 Å². The summed E-state index contributed by atoms with van der Waals surface area (Å²) in [6.07, 6.45) is 0. The lowest BCUT2D eigenvalue weighted by Gasteiger charge is -2.07. The van der Waals surface area contributed by atoms with Crippen LogP contribution in [0.3, 0.4) is 0 Å². The second-order valence-corrected chi connectivity index (χ2v) is 4.30. The van der Waals surface area contributed by atoms with Crippen molar-refractivity contribution >= 4 is 17.5 Å². The van der Waals surface area contributed by atoms with Gasteiger partial charge in [-0.15, -0.1) is 0 Å². The zero-order chi connectivity index (χ0) is 10.6. The van der Waals surface area contributed by atoms with Crippen LogP contribution in [-0.2, 0) is 4.79 Å². The minimum Gasteiger partial charge on any atom is -0.294 e. The number of carbonyl (C=O) groups excluding carboxylic acids is 1. The lowest BCUT2D eigenvalue weighted by molar-refractivity contribution is -0.113. The molecule has 0 saturated carbocycles. The molecule has 2 heteroatoms. The molecule has 0 fully saturated rings. The molecule has 0 N–H and O–H groups in total. The van der Waals surface area contributed by atoms with Crippen LogP contribution in [0.25, 0.3) is 0 Å². The van der Waals surface area contributed by atoms with Gasteiger partial charge in [0.25, 0.3) is 0 Å². The van der Waals surface area contributed by atoms with Gasteiger partial charge in [-0.2, -0.15) is 0 Å². The smallest absolute Gasteiger partial charge is 0.166 e. The van der Waals surface area contributed by atoms with Gasteiger partial charge < -0.3 is 0 Å². The Balaban J connectivity index is 4.67. The summed E-state index contributed by atoms with van der Waals surface area (Å²) in [6, 6.07) is 0. The van der Waals surface area contributed by atoms with Crippen molar-refractivity contribution in [1.82, 2.24) is 0 Å². The van der Waals surface area contributed by atoms with Gasteiger partial charge in [0.2, 0.25) is 0 Å². The van der Waals surface area contributed by atoms with Gasteiger partial charge in [-0.05, 0) is 33.3 Å². The maximum atomic E-state index is 11.2. The first-order chi connectivity index (χ1) is 5.86. The fourth-order valence-electron chi connectivity index (χ4n) is 0.736. The van der Waals surface area contributed by atoms with E-state index in [0.717, 1.165) is 21.0 Å². The molecule has 1 nitrogen and oxygen atoms in total. The third-order valence-electron chi connectivity index (χ3n) is 1.48. The van der Waals surface area contributed by atoms with Crippen LogP contribution >= 0.6 is 11.8 Å². The quantitative estimate of drug-likeness (QED) is 0.504. The van der Waals surface area contributed by atoms with E-state index < -0.39 is 0 Å². The summed E-state index contributed by atoms with van der Waals surface area (Å²) in [7, 11) is 0. The summed E-state index contributed by atoms with van der Waals surface area (Å²) >= 11 is 1.41. The van der Waals surface area contributed by atoms with E-state index >= 15 is 0 Å². The molecule has 0 rings (SSSR count). The maximum absolute atomic E-state index is 11.2. The third-order valence-corrected chi connectivity index (χ3v) is 2.97. The van der Waals surface area contributed by atoms with Crippen LogP contribution in [0.5, 0.6) is 0 Å². The molecule has 0 bridgehead atoms. The van der Waals surface area contributed by atoms with Crippen molar-refractivity contribution < 1.29 is 4.79 Å². The van der Waals surface area contributed by atoms with E-state index in [9.17, 15) is 4.79 Å². The van der Waals surface area contributed by atoms with Gasteiger partial charge in [0, 0.05) is 4.91 Å². The van der Waals surface area contributed by atoms with E-state index in [1.807, 2.05) is 20.8 Å². The Kier molecular flexibility index (Phi) is 4.78. The topological polar surface area (TPSA) is 17.1 Å². The first kappa shape index (κ1) is 12.2. The van der Waals surface area contributed by atoms with Gasteiger partial charge in [-0.3, -0.25) is 4.79 Å². The molecule has 0 atom stereocenters. The minimum atomic E-state index is 0.0902. The van der Waals surface area contributed by atoms with Crippen LogP contribution in [0, 0.1) is 0 Å². The number of ketones is 1. The monoisotopic (exact) mass is 196 g/mol. The Morgan fingerprint density at radius 3 is 1.77 bits per heavy atom. The van der Waals surface area contributed by atoms with Crippen molar-refractivity contribution in [1.29, 1.82) is 0 Å². The fraction of sp³-hybridized carbons (Fsp3) is 0.364. The van der Waals surface area contributed by atoms with Crippen molar-refractivity contribution in [3.05, 3.63) is 34.1 Å². The zero-order valence-electron chi connectivity index (χ0n) is 8.73. The highest BCUT2D eigenvalue weighted by atomic mass is 32.2. The maximum Gasteiger partial charge on any atom is 0.166 e. The molecule has 0 aromatic heterocycles. The third kappa shape index (κ3) is 4.13. The van der Waals surface area contributed by atoms with Gasteiger partial charge >= 0.3 is 0 Å². The predicted octanol–water partition coefficient (Wildman–Crippen LogP) is 3.69. The average molecular weight is 196 g/mol. The van der Waals surface area contributed by atoms with E-state index in [1.165, 1.54) is 11.8 Å². The first-order valence-electron chi connectivity index (χ1n) is 4.07. The number of allylic oxidation sites excluding steroid dienone is 3. The van der Waals surface area contributed by atoms with E-state index in [2.05, 4.69) is 13.2 Å². The molecule has 72 valence electrons. The molecule has 0 aromatic rings. The molecular weight excluding hydrogens is 180 g/mol. The van der Waals surface area contributed by atoms with Crippen LogP contribution < -0.4 is 0 Å². The fourth-order valence-corrected chi connectivity index (χ4v) is 1.50. The number of rotatable bonds is 4. The highest BCUT2D eigenvalue weighted by Crippen LogP contribution is 2.30. The van der Waals surface area contributed by atoms with Crippen LogP contribution in [0.15, 0.2) is 34.1 Å². The second kappa shape index (κ2) is 5.07. The summed E-state index contributed by atoms with van der Waals surface area (Å²) in [4.78, 5) is 12.8. The molecule has 0 spiro atoms. The van der Waals surface area contributed by atoms with E-state index in [0.29, 0.717) is 0 Å². The number of carbonyl (C=O) groups is 1. The SMILES string of the molecule is C=C(C)C(=C)SC(C(C)=O)=C(C)C. The summed E-state index contributed by atoms with van der Waals surface area (Å²) in [5.74, 6) is 0.0902. The van der Waals surface area contributed by atoms with Crippen LogP contribution in [-0.4, -0.2) is 5.78 Å². The van der Waals surface area contributed by atoms with E-state index in [1.54, 1.807) is 6.92 Å². The van der Waals surface area contributed by atoms with E-state index in [-0.39, 0.29) is 5.78 Å². The summed E-state index contributed by atoms with van der Waals surface area (Å²) < 4.78 is 0. The molecule has 0 saturated heterocycles. The van der Waals surface area contributed by atoms with Crippen molar-refractivity contribution in [3.63, 3.8) is 0 Å². The van der Waals surface area contributed by atoms with E-state index in [4.69, 9.17) is 0 Å². The van der Waals surface area contributed by atoms with Crippen LogP contribution in [0.4, 0.5) is 0 Å². The molecule has 0 radical (unpaired) electrons. The van der Waals surface area contributed by atoms with Gasteiger partial charge in [0.05, 0.1) is 4.91 Å². The Morgan fingerprint density at radius 1 is 1.08 bits per heavy atom. The normalized spacial score (nSPS) is 9.23. The number of hydrogen-bond donors (Lipinski definition) is 0. The Hall–Kier alpha value is -0.760. The van der Waals surface area contributed by atoms with Gasteiger partial charge in [0.15, 0.2) is 5.78 Å². The minimum absolute atomic E-state index is 0.0902. The summed E-state index contributed by atoms with van der Waals surface area (Å²) in [5.41, 5.74) is 1.94. The van der Waals surface area contributed by atoms with Crippen molar-refractivity contribution in [2.75, 3.05) is 0 Å². The molecule has 0 aliphatic heterocycles. The average Bonchev–Trinajstić information content (AvgIpc) is 1.97. The van der Waals surface area contributed by atoms with Gasteiger partial charge in [-0.25, -0.2) is 0 Å². The first-order valence-corrected chi connectivity index (χ1v) is 4.89. The summed E-state index contributed by atoms with van der Waals surface area (Å²) in [5, 5.41) is 0. The summed E-state index contributed by atoms with van der Waals surface area (Å²) in [6.45, 7) is 14.9. The van der Waals surface area contributed by atoms with Gasteiger partial charge in [0.1, 0.15) is 0 Å². The highest BCUT2D eigenvalue weighted by molar-refractivity contribution is 8.07. The molecule has 0 aliphatic rings. The molecule has 13 heavy (non-hydrogen) atoms. The van der Waals surface area contributed by atoms with Crippen molar-refractivity contribution in [2.45, 2.75) is 27.7 Å². The molecule has 0 aliphatic carbocycles. The highest BCUT2D eigenvalue weighted by Gasteiger charge is 2.08. The lowest BCUT2D eigenvalue weighted by atomic mass is 10.3. The predicted molar refractivity (Wildman–Crippen MR) is 60.6 cm³/mol. The largest absolute Gasteiger partial charge is 0.294 e. The number of thioether (sulfide) groups is 1. The van der Waals surface area contributed by atoms with Crippen LogP contribution in [0.1, 0.15) is 27.7 Å². The molecular formula is C11H16OS. The standard InChI is InChI=1S/C11H16OS/c1-7(2)10(6)13-11(8(3)4)9(5)12/h1,6H2,2-5H3. The number of hydrogen-bond acceptors (Lipinski definition) is 2. The molecule has 0 heterocycles. The van der Waals surface area contributed by atoms with Crippen molar-refractivity contribution in [2.24, 2.45) is 0 Å². The van der Waals surface area contributed by atoms with Gasteiger partial charge in [-0.1, -0.05) is 30.5 Å². The second-order valence-electron chi connectivity index (χ2n) is 3.19. The Bertz CT molecular complexity index is 280. The zero-order valence-corrected chi connectivity index (χ0v) is 9.55. The molecule has 0 unspecified atom stereocenters. The van der Waals surface area contributed by atoms with Crippen LogP contribution in [0.2, 0.25) is 0 Å². The molecule has 0 aromatic carbocycles.